The van der Waals surface area contributed by atoms with Crippen LogP contribution in [0, 0.1) is 0 Å². The van der Waals surface area contributed by atoms with Crippen LogP contribution in [0.4, 0.5) is 0 Å². The summed E-state index contributed by atoms with van der Waals surface area (Å²) in [5.74, 6) is 0. The van der Waals surface area contributed by atoms with Crippen LogP contribution in [0.25, 0.3) is 0 Å². The van der Waals surface area contributed by atoms with Gasteiger partial charge in [-0.15, -0.1) is 0 Å². The second-order valence-electron chi connectivity index (χ2n) is 0.513. The third-order valence-electron chi connectivity index (χ3n) is 0. The molecule has 0 aliphatic rings. The molecule has 0 aliphatic carbocycles. The average molecular weight is 130 g/mol. The van der Waals surface area contributed by atoms with Crippen molar-refractivity contribution in [2.75, 3.05) is 0 Å². The molecule has 0 saturated heterocycles. The van der Waals surface area contributed by atoms with Crippen molar-refractivity contribution in [3.8, 4) is 0 Å². The van der Waals surface area contributed by atoms with Crippen molar-refractivity contribution < 1.29 is 19.2 Å². The van der Waals surface area contributed by atoms with Gasteiger partial charge in [0, 0.05) is 0 Å². The molecule has 0 aromatic rings. The molecular formula is CH9Li2O4P. The van der Waals surface area contributed by atoms with Gasteiger partial charge < -0.3 is 14.7 Å². The summed E-state index contributed by atoms with van der Waals surface area (Å²) in [5.41, 5.74) is 0. The van der Waals surface area contributed by atoms with Gasteiger partial charge in [0.25, 0.3) is 0 Å². The van der Waals surface area contributed by atoms with Gasteiger partial charge in [-0.3, -0.25) is 0 Å². The van der Waals surface area contributed by atoms with Gasteiger partial charge in [0.1, 0.15) is 0 Å². The van der Waals surface area contributed by atoms with Crippen molar-refractivity contribution in [2.24, 2.45) is 0 Å². The van der Waals surface area contributed by atoms with Gasteiger partial charge in [0.15, 0.2) is 0 Å². The van der Waals surface area contributed by atoms with Gasteiger partial charge in [-0.25, -0.2) is 4.57 Å². The fourth-order valence-corrected chi connectivity index (χ4v) is 0. The average Bonchev–Trinajstić information content (AvgIpc) is 0.722. The van der Waals surface area contributed by atoms with Crippen LogP contribution in [-0.4, -0.2) is 52.4 Å². The Morgan fingerprint density at radius 2 is 1.00 bits per heavy atom. The molecule has 0 spiro atoms. The molecule has 0 atom stereocenters. The summed E-state index contributed by atoms with van der Waals surface area (Å²) in [4.78, 5) is 21.6. The van der Waals surface area contributed by atoms with E-state index < -0.39 is 7.82 Å². The number of hydrogen-bond donors (Lipinski definition) is 3. The molecule has 0 aromatic heterocycles. The third-order valence-corrected chi connectivity index (χ3v) is 0. The molecule has 0 bridgehead atoms. The van der Waals surface area contributed by atoms with Crippen molar-refractivity contribution in [1.82, 2.24) is 0 Å². The van der Waals surface area contributed by atoms with E-state index in [9.17, 15) is 0 Å². The van der Waals surface area contributed by atoms with E-state index in [1.54, 1.807) is 0 Å². The van der Waals surface area contributed by atoms with Gasteiger partial charge >= 0.3 is 45.5 Å². The van der Waals surface area contributed by atoms with Gasteiger partial charge in [0.05, 0.1) is 0 Å². The van der Waals surface area contributed by atoms with Crippen LogP contribution >= 0.6 is 7.82 Å². The zero-order valence-corrected chi connectivity index (χ0v) is 3.09. The standard InChI is InChI=1S/CH4.2Li.H3O4P.2H/c;;;1-5(2,3)4;;/h1H4;;;(H3,1,2,3,4);;. The van der Waals surface area contributed by atoms with E-state index >= 15 is 0 Å². The SMILES string of the molecule is C.O=P(O)(O)O.[LiH].[LiH]. The van der Waals surface area contributed by atoms with E-state index in [0.29, 0.717) is 0 Å². The molecular weight excluding hydrogens is 121 g/mol. The molecule has 0 radical (unpaired) electrons. The fraction of sp³-hybridized carbons (Fsp3) is 1.00. The maximum atomic E-state index is 8.88. The summed E-state index contributed by atoms with van der Waals surface area (Å²) in [6.07, 6.45) is 0. The van der Waals surface area contributed by atoms with Crippen LogP contribution in [-0.2, 0) is 4.57 Å². The molecule has 0 aliphatic heterocycles. The molecule has 7 heteroatoms. The number of hydrogen-bond acceptors (Lipinski definition) is 1. The first-order valence-corrected chi connectivity index (χ1v) is 2.35. The van der Waals surface area contributed by atoms with E-state index in [1.807, 2.05) is 0 Å². The van der Waals surface area contributed by atoms with E-state index in [0.717, 1.165) is 0 Å². The van der Waals surface area contributed by atoms with Crippen LogP contribution in [0.5, 0.6) is 0 Å². The zero-order valence-electron chi connectivity index (χ0n) is 2.20. The fourth-order valence-electron chi connectivity index (χ4n) is 0. The van der Waals surface area contributed by atoms with Crippen LogP contribution < -0.4 is 0 Å². The maximum absolute atomic E-state index is 8.88. The van der Waals surface area contributed by atoms with Crippen molar-refractivity contribution in [1.29, 1.82) is 0 Å². The first-order chi connectivity index (χ1) is 2.00. The molecule has 0 saturated carbocycles. The summed E-state index contributed by atoms with van der Waals surface area (Å²) in [5, 5.41) is 0. The molecule has 8 heavy (non-hydrogen) atoms. The summed E-state index contributed by atoms with van der Waals surface area (Å²) in [7, 11) is -4.64. The predicted molar refractivity (Wildman–Crippen MR) is 35.3 cm³/mol. The normalized spacial score (nSPS) is 7.38. The van der Waals surface area contributed by atoms with E-state index in [-0.39, 0.29) is 45.1 Å². The second-order valence-corrected chi connectivity index (χ2v) is 1.54. The van der Waals surface area contributed by atoms with Crippen LogP contribution in [0.15, 0.2) is 0 Å². The summed E-state index contributed by atoms with van der Waals surface area (Å²) in [6, 6.07) is 0. The molecule has 4 nitrogen and oxygen atoms in total. The molecule has 0 heterocycles. The van der Waals surface area contributed by atoms with Gasteiger partial charge in [-0.05, 0) is 0 Å². The quantitative estimate of drug-likeness (QED) is 0.273. The minimum absolute atomic E-state index is 0. The van der Waals surface area contributed by atoms with Crippen molar-refractivity contribution >= 4 is 45.5 Å². The molecule has 0 unspecified atom stereocenters. The zero-order chi connectivity index (χ0) is 4.50. The Balaban J connectivity index is -0.0000000267. The molecule has 3 N–H and O–H groups in total. The molecule has 0 rings (SSSR count). The topological polar surface area (TPSA) is 77.8 Å². The Labute approximate surface area is 72.3 Å². The number of phosphoric acid groups is 1. The summed E-state index contributed by atoms with van der Waals surface area (Å²) >= 11 is 0. The Kier molecular flexibility index (Phi) is 23.7. The van der Waals surface area contributed by atoms with E-state index in [1.165, 1.54) is 0 Å². The molecule has 44 valence electrons. The molecule has 0 aromatic carbocycles. The molecule has 0 amide bonds. The summed E-state index contributed by atoms with van der Waals surface area (Å²) < 4.78 is 8.88. The van der Waals surface area contributed by atoms with E-state index in [4.69, 9.17) is 19.2 Å². The first kappa shape index (κ1) is 22.8. The van der Waals surface area contributed by atoms with Crippen LogP contribution in [0.3, 0.4) is 0 Å². The Morgan fingerprint density at radius 3 is 1.00 bits per heavy atom. The van der Waals surface area contributed by atoms with Gasteiger partial charge in [0.2, 0.25) is 0 Å². The Morgan fingerprint density at radius 1 is 1.00 bits per heavy atom. The van der Waals surface area contributed by atoms with Crippen molar-refractivity contribution in [2.45, 2.75) is 7.43 Å². The van der Waals surface area contributed by atoms with Gasteiger partial charge in [-0.2, -0.15) is 0 Å². The third kappa shape index (κ3) is 171. The first-order valence-electron chi connectivity index (χ1n) is 0.783. The van der Waals surface area contributed by atoms with Crippen LogP contribution in [0.2, 0.25) is 0 Å². The van der Waals surface area contributed by atoms with Gasteiger partial charge in [-0.1, -0.05) is 7.43 Å². The number of rotatable bonds is 0. The van der Waals surface area contributed by atoms with Crippen molar-refractivity contribution in [3.05, 3.63) is 0 Å². The Bertz CT molecular complexity index is 60.2. The predicted octanol–water partition coefficient (Wildman–Crippen LogP) is -1.59. The molecule has 0 fully saturated rings. The minimum atomic E-state index is -4.64. The van der Waals surface area contributed by atoms with E-state index in [2.05, 4.69) is 0 Å². The monoisotopic (exact) mass is 130 g/mol. The van der Waals surface area contributed by atoms with Crippen LogP contribution in [0.1, 0.15) is 7.43 Å². The Hall–Kier alpha value is 1.30. The summed E-state index contributed by atoms with van der Waals surface area (Å²) in [6.45, 7) is 0. The second kappa shape index (κ2) is 8.30. The van der Waals surface area contributed by atoms with Crippen molar-refractivity contribution in [3.63, 3.8) is 0 Å².